The molecule has 1 fully saturated rings. The van der Waals surface area contributed by atoms with Gasteiger partial charge in [-0.15, -0.1) is 0 Å². The molecule has 1 heterocycles. The molecular formula is C16H31NO4Si. The molecule has 0 spiro atoms. The average molecular weight is 330 g/mol. The van der Waals surface area contributed by atoms with Crippen molar-refractivity contribution in [1.82, 2.24) is 4.90 Å². The van der Waals surface area contributed by atoms with E-state index in [0.717, 1.165) is 6.29 Å². The molecule has 1 aliphatic heterocycles. The summed E-state index contributed by atoms with van der Waals surface area (Å²) in [5.41, 5.74) is -1.58. The summed E-state index contributed by atoms with van der Waals surface area (Å²) in [6.45, 7) is 16.8. The molecule has 0 saturated carbocycles. The number of likely N-dealkylation sites (tertiary alicyclic amines) is 1. The molecule has 0 bridgehead atoms. The first-order valence-corrected chi connectivity index (χ1v) is 10.8. The van der Waals surface area contributed by atoms with E-state index in [-0.39, 0.29) is 16.4 Å². The lowest BCUT2D eigenvalue weighted by atomic mass is 9.75. The number of rotatable bonds is 3. The highest BCUT2D eigenvalue weighted by atomic mass is 28.4. The van der Waals surface area contributed by atoms with Gasteiger partial charge in [0.05, 0.1) is 0 Å². The van der Waals surface area contributed by atoms with Gasteiger partial charge < -0.3 is 9.53 Å². The van der Waals surface area contributed by atoms with Crippen LogP contribution in [0.1, 0.15) is 48.0 Å². The van der Waals surface area contributed by atoms with Gasteiger partial charge in [-0.1, -0.05) is 41.5 Å². The Labute approximate surface area is 135 Å². The minimum Gasteiger partial charge on any atom is -0.465 e. The zero-order chi connectivity index (χ0) is 17.6. The van der Waals surface area contributed by atoms with Crippen molar-refractivity contribution in [2.45, 2.75) is 71.8 Å². The second-order valence-corrected chi connectivity index (χ2v) is 13.6. The van der Waals surface area contributed by atoms with E-state index >= 15 is 0 Å². The van der Waals surface area contributed by atoms with Crippen LogP contribution in [0.25, 0.3) is 0 Å². The maximum Gasteiger partial charge on any atom is 0.409 e. The zero-order valence-corrected chi connectivity index (χ0v) is 16.2. The number of hydrogen-bond donors (Lipinski definition) is 1. The van der Waals surface area contributed by atoms with E-state index in [9.17, 15) is 14.7 Å². The van der Waals surface area contributed by atoms with Crippen LogP contribution in [-0.4, -0.2) is 43.0 Å². The number of hydrogen-bond acceptors (Lipinski definition) is 3. The minimum absolute atomic E-state index is 0.0990. The second kappa shape index (κ2) is 5.64. The van der Waals surface area contributed by atoms with Crippen molar-refractivity contribution in [2.75, 3.05) is 6.54 Å². The van der Waals surface area contributed by atoms with E-state index in [2.05, 4.69) is 33.9 Å². The minimum atomic E-state index is -2.31. The van der Waals surface area contributed by atoms with Crippen molar-refractivity contribution in [3.63, 3.8) is 0 Å². The van der Waals surface area contributed by atoms with Crippen LogP contribution >= 0.6 is 0 Å². The fourth-order valence-corrected chi connectivity index (χ4v) is 4.41. The molecule has 1 rings (SSSR count). The second-order valence-electron chi connectivity index (χ2n) is 8.87. The van der Waals surface area contributed by atoms with E-state index in [1.807, 2.05) is 20.8 Å². The summed E-state index contributed by atoms with van der Waals surface area (Å²) < 4.78 is 6.43. The first-order valence-electron chi connectivity index (χ1n) is 7.86. The van der Waals surface area contributed by atoms with Gasteiger partial charge in [0.2, 0.25) is 0 Å². The van der Waals surface area contributed by atoms with Gasteiger partial charge in [-0.25, -0.2) is 4.79 Å². The number of carbonyl (C=O) groups excluding carboxylic acids is 1. The fourth-order valence-electron chi connectivity index (χ4n) is 2.98. The molecule has 1 amide bonds. The highest BCUT2D eigenvalue weighted by Crippen LogP contribution is 2.49. The Morgan fingerprint density at radius 1 is 1.27 bits per heavy atom. The third-order valence-corrected chi connectivity index (χ3v) is 9.68. The Morgan fingerprint density at radius 2 is 1.77 bits per heavy atom. The van der Waals surface area contributed by atoms with Crippen LogP contribution in [0.5, 0.6) is 0 Å². The Kier molecular flexibility index (Phi) is 4.91. The van der Waals surface area contributed by atoms with Gasteiger partial charge in [-0.2, -0.15) is 0 Å². The van der Waals surface area contributed by atoms with E-state index in [4.69, 9.17) is 4.43 Å². The Bertz CT molecular complexity index is 450. The molecule has 0 radical (unpaired) electrons. The molecule has 0 aliphatic carbocycles. The summed E-state index contributed by atoms with van der Waals surface area (Å²) in [6.07, 6.45) is 0.283. The van der Waals surface area contributed by atoms with Crippen LogP contribution < -0.4 is 0 Å². The molecule has 1 saturated heterocycles. The maximum absolute atomic E-state index is 12.1. The van der Waals surface area contributed by atoms with Crippen LogP contribution in [0.2, 0.25) is 18.1 Å². The number of amides is 1. The summed E-state index contributed by atoms with van der Waals surface area (Å²) in [5, 5.41) is 9.47. The first-order chi connectivity index (χ1) is 9.69. The van der Waals surface area contributed by atoms with Gasteiger partial charge in [-0.05, 0) is 30.0 Å². The fraction of sp³-hybridized carbons (Fsp3) is 0.875. The lowest BCUT2D eigenvalue weighted by molar-refractivity contribution is -0.147. The molecule has 1 aliphatic rings. The number of carbonyl (C=O) groups is 2. The molecule has 2 unspecified atom stereocenters. The molecular weight excluding hydrogens is 298 g/mol. The third-order valence-electron chi connectivity index (χ3n) is 5.23. The summed E-state index contributed by atoms with van der Waals surface area (Å²) in [4.78, 5) is 25.0. The predicted octanol–water partition coefficient (Wildman–Crippen LogP) is 3.95. The zero-order valence-electron chi connectivity index (χ0n) is 15.2. The predicted molar refractivity (Wildman–Crippen MR) is 89.4 cm³/mol. The van der Waals surface area contributed by atoms with Gasteiger partial charge >= 0.3 is 6.09 Å². The topological polar surface area (TPSA) is 66.8 Å². The number of aldehydes is 1. The Balaban J connectivity index is 3.39. The average Bonchev–Trinajstić information content (AvgIpc) is 2.66. The monoisotopic (exact) mass is 329 g/mol. The van der Waals surface area contributed by atoms with Crippen molar-refractivity contribution in [3.8, 4) is 0 Å². The molecule has 5 nitrogen and oxygen atoms in total. The van der Waals surface area contributed by atoms with Crippen LogP contribution in [0.4, 0.5) is 4.79 Å². The molecule has 0 aromatic rings. The van der Waals surface area contributed by atoms with Crippen LogP contribution in [0, 0.1) is 11.3 Å². The van der Waals surface area contributed by atoms with Crippen molar-refractivity contribution in [3.05, 3.63) is 0 Å². The van der Waals surface area contributed by atoms with Crippen molar-refractivity contribution in [2.24, 2.45) is 11.3 Å². The van der Waals surface area contributed by atoms with E-state index in [1.54, 1.807) is 0 Å². The SMILES string of the molecule is CC(C)(C)C1CCN(C(=O)O)C1(C=O)O[Si](C)(C)C(C)(C)C. The summed E-state index contributed by atoms with van der Waals surface area (Å²) in [6, 6.07) is 0. The normalized spacial score (nSPS) is 27.1. The molecule has 2 atom stereocenters. The molecule has 1 N–H and O–H groups in total. The van der Waals surface area contributed by atoms with Crippen LogP contribution in [-0.2, 0) is 9.22 Å². The standard InChI is InChI=1S/C16H31NO4Si/c1-14(2,3)12-9-10-17(13(19)20)16(12,11-18)21-22(7,8)15(4,5)6/h11-12H,9-10H2,1-8H3,(H,19,20). The van der Waals surface area contributed by atoms with E-state index in [0.29, 0.717) is 13.0 Å². The number of nitrogens with zero attached hydrogens (tertiary/aromatic N) is 1. The van der Waals surface area contributed by atoms with Gasteiger partial charge in [0.1, 0.15) is 0 Å². The molecule has 128 valence electrons. The quantitative estimate of drug-likeness (QED) is 0.629. The third kappa shape index (κ3) is 3.22. The lowest BCUT2D eigenvalue weighted by Gasteiger charge is -2.48. The van der Waals surface area contributed by atoms with Crippen molar-refractivity contribution in [1.29, 1.82) is 0 Å². The Morgan fingerprint density at radius 3 is 2.09 bits per heavy atom. The van der Waals surface area contributed by atoms with Crippen molar-refractivity contribution >= 4 is 20.7 Å². The largest absolute Gasteiger partial charge is 0.465 e. The van der Waals surface area contributed by atoms with Gasteiger partial charge in [0, 0.05) is 12.5 Å². The highest BCUT2D eigenvalue weighted by Gasteiger charge is 2.59. The first kappa shape index (κ1) is 19.2. The maximum atomic E-state index is 12.1. The molecule has 22 heavy (non-hydrogen) atoms. The highest BCUT2D eigenvalue weighted by molar-refractivity contribution is 6.74. The molecule has 6 heteroatoms. The van der Waals surface area contributed by atoms with Gasteiger partial charge in [-0.3, -0.25) is 9.69 Å². The summed E-state index contributed by atoms with van der Waals surface area (Å²) in [5.74, 6) is -0.150. The smallest absolute Gasteiger partial charge is 0.409 e. The number of carboxylic acid groups (broad SMARTS) is 1. The van der Waals surface area contributed by atoms with Gasteiger partial charge in [0.25, 0.3) is 0 Å². The van der Waals surface area contributed by atoms with E-state index in [1.165, 1.54) is 4.90 Å². The Hall–Kier alpha value is -0.883. The van der Waals surface area contributed by atoms with Crippen molar-refractivity contribution < 1.29 is 19.1 Å². The summed E-state index contributed by atoms with van der Waals surface area (Å²) in [7, 11) is -2.31. The molecule has 0 aromatic carbocycles. The van der Waals surface area contributed by atoms with Gasteiger partial charge in [0.15, 0.2) is 20.3 Å². The van der Waals surface area contributed by atoms with Crippen LogP contribution in [0.3, 0.4) is 0 Å². The van der Waals surface area contributed by atoms with E-state index < -0.39 is 20.1 Å². The molecule has 0 aromatic heterocycles. The summed E-state index contributed by atoms with van der Waals surface area (Å²) >= 11 is 0. The lowest BCUT2D eigenvalue weighted by Crippen LogP contribution is -2.62. The van der Waals surface area contributed by atoms with Crippen LogP contribution in [0.15, 0.2) is 0 Å².